The molecular formula is C15H28N2O. The van der Waals surface area contributed by atoms with Crippen LogP contribution < -0.4 is 11.1 Å². The van der Waals surface area contributed by atoms with Gasteiger partial charge in [0.1, 0.15) is 5.54 Å². The van der Waals surface area contributed by atoms with E-state index >= 15 is 0 Å². The van der Waals surface area contributed by atoms with Crippen molar-refractivity contribution in [2.45, 2.75) is 76.8 Å². The van der Waals surface area contributed by atoms with Gasteiger partial charge in [0.15, 0.2) is 0 Å². The van der Waals surface area contributed by atoms with Crippen LogP contribution in [0.4, 0.5) is 0 Å². The van der Waals surface area contributed by atoms with Gasteiger partial charge >= 0.3 is 0 Å². The highest BCUT2D eigenvalue weighted by Gasteiger charge is 2.47. The van der Waals surface area contributed by atoms with Crippen molar-refractivity contribution in [3.63, 3.8) is 0 Å². The molecule has 0 aliphatic heterocycles. The van der Waals surface area contributed by atoms with Gasteiger partial charge in [-0.3, -0.25) is 4.79 Å². The summed E-state index contributed by atoms with van der Waals surface area (Å²) in [6.07, 6.45) is 9.44. The van der Waals surface area contributed by atoms with E-state index in [1.165, 1.54) is 32.1 Å². The fourth-order valence-corrected chi connectivity index (χ4v) is 4.09. The average molecular weight is 252 g/mol. The van der Waals surface area contributed by atoms with Gasteiger partial charge in [0, 0.05) is 6.04 Å². The van der Waals surface area contributed by atoms with Crippen molar-refractivity contribution in [1.29, 1.82) is 0 Å². The smallest absolute Gasteiger partial charge is 0.238 e. The van der Waals surface area contributed by atoms with Gasteiger partial charge in [-0.2, -0.15) is 0 Å². The van der Waals surface area contributed by atoms with Crippen molar-refractivity contribution in [3.8, 4) is 0 Å². The van der Waals surface area contributed by atoms with E-state index < -0.39 is 5.54 Å². The largest absolute Gasteiger partial charge is 0.368 e. The van der Waals surface area contributed by atoms with Crippen molar-refractivity contribution < 1.29 is 4.79 Å². The third-order valence-corrected chi connectivity index (χ3v) is 5.03. The predicted molar refractivity (Wildman–Crippen MR) is 74.1 cm³/mol. The molecule has 3 heteroatoms. The van der Waals surface area contributed by atoms with Crippen LogP contribution in [0.25, 0.3) is 0 Å². The van der Waals surface area contributed by atoms with Crippen molar-refractivity contribution in [2.75, 3.05) is 0 Å². The first-order valence-electron chi connectivity index (χ1n) is 7.64. The molecule has 2 rings (SSSR count). The number of rotatable bonds is 4. The number of nitrogens with two attached hydrogens (primary N) is 1. The zero-order chi connectivity index (χ0) is 13.2. The first-order valence-corrected chi connectivity index (χ1v) is 7.64. The Morgan fingerprint density at radius 3 is 2.33 bits per heavy atom. The fraction of sp³-hybridized carbons (Fsp3) is 0.933. The van der Waals surface area contributed by atoms with Gasteiger partial charge in [-0.1, -0.05) is 39.5 Å². The van der Waals surface area contributed by atoms with Gasteiger partial charge in [-0.05, 0) is 37.5 Å². The third kappa shape index (κ3) is 2.56. The standard InChI is InChI=1S/C15H28N2O/c1-11(2)13-9-5-6-10-15(13,14(16)18)17-12-7-3-4-8-12/h11-13,17H,3-10H2,1-2H3,(H2,16,18). The molecule has 2 fully saturated rings. The molecule has 18 heavy (non-hydrogen) atoms. The van der Waals surface area contributed by atoms with Crippen molar-refractivity contribution in [1.82, 2.24) is 5.32 Å². The molecule has 0 bridgehead atoms. The van der Waals surface area contributed by atoms with E-state index in [1.807, 2.05) is 0 Å². The molecule has 104 valence electrons. The van der Waals surface area contributed by atoms with Gasteiger partial charge in [0.2, 0.25) is 5.91 Å². The molecule has 0 spiro atoms. The lowest BCUT2D eigenvalue weighted by atomic mass is 9.67. The highest BCUT2D eigenvalue weighted by atomic mass is 16.1. The molecule has 2 aliphatic carbocycles. The Morgan fingerprint density at radius 1 is 1.17 bits per heavy atom. The Balaban J connectivity index is 2.19. The number of hydrogen-bond donors (Lipinski definition) is 2. The van der Waals surface area contributed by atoms with Crippen LogP contribution in [-0.2, 0) is 4.79 Å². The molecule has 1 amide bonds. The molecule has 0 aromatic rings. The average Bonchev–Trinajstić information content (AvgIpc) is 2.81. The molecule has 0 heterocycles. The summed E-state index contributed by atoms with van der Waals surface area (Å²) in [5.74, 6) is 0.809. The first kappa shape index (κ1) is 13.9. The number of carbonyl (C=O) groups excluding carboxylic acids is 1. The maximum atomic E-state index is 12.1. The number of hydrogen-bond acceptors (Lipinski definition) is 2. The van der Waals surface area contributed by atoms with Gasteiger partial charge in [0.25, 0.3) is 0 Å². The molecular weight excluding hydrogens is 224 g/mol. The highest BCUT2D eigenvalue weighted by Crippen LogP contribution is 2.39. The summed E-state index contributed by atoms with van der Waals surface area (Å²) in [4.78, 5) is 12.1. The Labute approximate surface area is 111 Å². The summed E-state index contributed by atoms with van der Waals surface area (Å²) in [6, 6.07) is 0.511. The molecule has 2 saturated carbocycles. The minimum Gasteiger partial charge on any atom is -0.368 e. The normalized spacial score (nSPS) is 34.1. The first-order chi connectivity index (χ1) is 8.56. The predicted octanol–water partition coefficient (Wildman–Crippen LogP) is 2.59. The zero-order valence-electron chi connectivity index (χ0n) is 11.9. The van der Waals surface area contributed by atoms with Crippen LogP contribution in [0.2, 0.25) is 0 Å². The monoisotopic (exact) mass is 252 g/mol. The lowest BCUT2D eigenvalue weighted by Crippen LogP contribution is -2.64. The summed E-state index contributed by atoms with van der Waals surface area (Å²) in [7, 11) is 0. The third-order valence-electron chi connectivity index (χ3n) is 5.03. The van der Waals surface area contributed by atoms with E-state index in [-0.39, 0.29) is 5.91 Å². The molecule has 0 saturated heterocycles. The van der Waals surface area contributed by atoms with Gasteiger partial charge in [-0.15, -0.1) is 0 Å². The molecule has 0 radical (unpaired) electrons. The second-order valence-electron chi connectivity index (χ2n) is 6.56. The topological polar surface area (TPSA) is 55.1 Å². The lowest BCUT2D eigenvalue weighted by molar-refractivity contribution is -0.130. The number of primary amides is 1. The molecule has 2 atom stereocenters. The van der Waals surface area contributed by atoms with Crippen LogP contribution in [0.15, 0.2) is 0 Å². The molecule has 2 unspecified atom stereocenters. The Morgan fingerprint density at radius 2 is 1.78 bits per heavy atom. The van der Waals surface area contributed by atoms with Crippen molar-refractivity contribution in [2.24, 2.45) is 17.6 Å². The molecule has 2 aliphatic rings. The Hall–Kier alpha value is -0.570. The molecule has 0 aromatic carbocycles. The van der Waals surface area contributed by atoms with Crippen molar-refractivity contribution in [3.05, 3.63) is 0 Å². The SMILES string of the molecule is CC(C)C1CCCCC1(NC1CCCC1)C(N)=O. The maximum Gasteiger partial charge on any atom is 0.238 e. The maximum absolute atomic E-state index is 12.1. The summed E-state index contributed by atoms with van der Waals surface area (Å²) in [6.45, 7) is 4.45. The van der Waals surface area contributed by atoms with Gasteiger partial charge in [-0.25, -0.2) is 0 Å². The van der Waals surface area contributed by atoms with Crippen LogP contribution in [0.5, 0.6) is 0 Å². The van der Waals surface area contributed by atoms with Crippen LogP contribution in [-0.4, -0.2) is 17.5 Å². The quantitative estimate of drug-likeness (QED) is 0.808. The Kier molecular flexibility index (Phi) is 4.31. The van der Waals surface area contributed by atoms with Gasteiger partial charge < -0.3 is 11.1 Å². The highest BCUT2D eigenvalue weighted by molar-refractivity contribution is 5.85. The summed E-state index contributed by atoms with van der Waals surface area (Å²) in [5, 5.41) is 3.69. The van der Waals surface area contributed by atoms with Crippen molar-refractivity contribution >= 4 is 5.91 Å². The zero-order valence-corrected chi connectivity index (χ0v) is 11.9. The van der Waals surface area contributed by atoms with E-state index in [0.29, 0.717) is 17.9 Å². The fourth-order valence-electron chi connectivity index (χ4n) is 4.09. The van der Waals surface area contributed by atoms with E-state index in [2.05, 4.69) is 19.2 Å². The minimum atomic E-state index is -0.429. The summed E-state index contributed by atoms with van der Waals surface area (Å²) < 4.78 is 0. The number of carbonyl (C=O) groups is 1. The second-order valence-corrected chi connectivity index (χ2v) is 6.56. The summed E-state index contributed by atoms with van der Waals surface area (Å²) >= 11 is 0. The van der Waals surface area contributed by atoms with Crippen LogP contribution in [0.3, 0.4) is 0 Å². The number of amides is 1. The van der Waals surface area contributed by atoms with Crippen LogP contribution in [0.1, 0.15) is 65.2 Å². The minimum absolute atomic E-state index is 0.118. The van der Waals surface area contributed by atoms with Crippen LogP contribution in [0, 0.1) is 11.8 Å². The lowest BCUT2D eigenvalue weighted by Gasteiger charge is -2.46. The number of nitrogens with one attached hydrogen (secondary N) is 1. The molecule has 3 N–H and O–H groups in total. The van der Waals surface area contributed by atoms with Gasteiger partial charge in [0.05, 0.1) is 0 Å². The van der Waals surface area contributed by atoms with E-state index in [0.717, 1.165) is 19.3 Å². The van der Waals surface area contributed by atoms with Crippen LogP contribution >= 0.6 is 0 Å². The summed E-state index contributed by atoms with van der Waals surface area (Å²) in [5.41, 5.74) is 5.38. The Bertz CT molecular complexity index is 297. The second kappa shape index (κ2) is 5.60. The van der Waals surface area contributed by atoms with E-state index in [4.69, 9.17) is 5.73 Å². The van der Waals surface area contributed by atoms with E-state index in [9.17, 15) is 4.79 Å². The van der Waals surface area contributed by atoms with E-state index in [1.54, 1.807) is 0 Å². The molecule has 3 nitrogen and oxygen atoms in total. The molecule has 0 aromatic heterocycles.